The van der Waals surface area contributed by atoms with Crippen molar-refractivity contribution in [2.24, 2.45) is 5.73 Å². The van der Waals surface area contributed by atoms with Gasteiger partial charge in [-0.25, -0.2) is 0 Å². The molecule has 1 saturated carbocycles. The normalized spacial score (nSPS) is 16.6. The van der Waals surface area contributed by atoms with Crippen LogP contribution in [0, 0.1) is 0 Å². The molecule has 18 heavy (non-hydrogen) atoms. The van der Waals surface area contributed by atoms with Gasteiger partial charge in [0.05, 0.1) is 19.8 Å². The topological polar surface area (TPSA) is 73.6 Å². The number of rotatable bonds is 4. The molecule has 1 aromatic rings. The number of benzene rings is 1. The number of methoxy groups -OCH3 is 2. The molecule has 5 heteroatoms. The van der Waals surface area contributed by atoms with Crippen LogP contribution in [0.1, 0.15) is 19.3 Å². The summed E-state index contributed by atoms with van der Waals surface area (Å²) in [6.45, 7) is 0. The molecule has 3 N–H and O–H groups in total. The molecule has 98 valence electrons. The monoisotopic (exact) mass is 250 g/mol. The minimum Gasteiger partial charge on any atom is -0.493 e. The minimum absolute atomic E-state index is 0.138. The number of hydrogen-bond donors (Lipinski definition) is 2. The van der Waals surface area contributed by atoms with Gasteiger partial charge in [0, 0.05) is 11.8 Å². The van der Waals surface area contributed by atoms with Crippen LogP contribution < -0.4 is 20.5 Å². The van der Waals surface area contributed by atoms with Gasteiger partial charge in [-0.05, 0) is 31.4 Å². The van der Waals surface area contributed by atoms with Gasteiger partial charge in [-0.2, -0.15) is 0 Å². The van der Waals surface area contributed by atoms with Gasteiger partial charge < -0.3 is 20.5 Å². The van der Waals surface area contributed by atoms with Gasteiger partial charge in [0.1, 0.15) is 0 Å². The fourth-order valence-corrected chi connectivity index (χ4v) is 1.95. The number of nitrogens with one attached hydrogen (secondary N) is 1. The summed E-state index contributed by atoms with van der Waals surface area (Å²) in [4.78, 5) is 12.0. The molecule has 0 unspecified atom stereocenters. The van der Waals surface area contributed by atoms with Gasteiger partial charge in [-0.1, -0.05) is 0 Å². The highest BCUT2D eigenvalue weighted by atomic mass is 16.5. The van der Waals surface area contributed by atoms with Gasteiger partial charge in [-0.3, -0.25) is 4.79 Å². The average molecular weight is 250 g/mol. The van der Waals surface area contributed by atoms with Crippen LogP contribution in [0.4, 0.5) is 5.69 Å². The SMILES string of the molecule is COc1ccc(NC(=O)C2(N)CCC2)cc1OC. The van der Waals surface area contributed by atoms with Crippen molar-refractivity contribution in [3.05, 3.63) is 18.2 Å². The summed E-state index contributed by atoms with van der Waals surface area (Å²) in [6, 6.07) is 5.23. The van der Waals surface area contributed by atoms with Gasteiger partial charge in [0.2, 0.25) is 5.91 Å². The van der Waals surface area contributed by atoms with E-state index in [-0.39, 0.29) is 5.91 Å². The second-order valence-corrected chi connectivity index (χ2v) is 4.53. The second kappa shape index (κ2) is 4.86. The van der Waals surface area contributed by atoms with Crippen molar-refractivity contribution in [2.45, 2.75) is 24.8 Å². The Kier molecular flexibility index (Phi) is 3.43. The molecule has 0 aromatic heterocycles. The Hall–Kier alpha value is -1.75. The lowest BCUT2D eigenvalue weighted by Gasteiger charge is -2.36. The largest absolute Gasteiger partial charge is 0.493 e. The van der Waals surface area contributed by atoms with Crippen molar-refractivity contribution in [1.82, 2.24) is 0 Å². The maximum absolute atomic E-state index is 12.0. The van der Waals surface area contributed by atoms with Gasteiger partial charge in [0.15, 0.2) is 11.5 Å². The van der Waals surface area contributed by atoms with Crippen molar-refractivity contribution in [3.63, 3.8) is 0 Å². The summed E-state index contributed by atoms with van der Waals surface area (Å²) in [6.07, 6.45) is 2.49. The Morgan fingerprint density at radius 1 is 1.28 bits per heavy atom. The molecule has 1 aromatic carbocycles. The molecule has 0 heterocycles. The van der Waals surface area contributed by atoms with E-state index in [2.05, 4.69) is 5.32 Å². The zero-order valence-electron chi connectivity index (χ0n) is 10.7. The molecule has 0 radical (unpaired) electrons. The fourth-order valence-electron chi connectivity index (χ4n) is 1.95. The molecule has 2 rings (SSSR count). The summed E-state index contributed by atoms with van der Waals surface area (Å²) in [5.74, 6) is 1.07. The van der Waals surface area contributed by atoms with E-state index in [4.69, 9.17) is 15.2 Å². The summed E-state index contributed by atoms with van der Waals surface area (Å²) >= 11 is 0. The zero-order chi connectivity index (χ0) is 13.2. The smallest absolute Gasteiger partial charge is 0.244 e. The van der Waals surface area contributed by atoms with Crippen LogP contribution in [0.25, 0.3) is 0 Å². The standard InChI is InChI=1S/C13H18N2O3/c1-17-10-5-4-9(8-11(10)18-2)15-12(16)13(14)6-3-7-13/h4-5,8H,3,6-7,14H2,1-2H3,(H,15,16). The molecule has 0 spiro atoms. The Morgan fingerprint density at radius 2 is 1.94 bits per heavy atom. The summed E-state index contributed by atoms with van der Waals surface area (Å²) in [5, 5.41) is 2.81. The van der Waals surface area contributed by atoms with Crippen LogP contribution in [0.5, 0.6) is 11.5 Å². The number of nitrogens with two attached hydrogens (primary N) is 1. The van der Waals surface area contributed by atoms with Crippen LogP contribution in [0.3, 0.4) is 0 Å². The maximum atomic E-state index is 12.0. The first kappa shape index (κ1) is 12.7. The van der Waals surface area contributed by atoms with Crippen molar-refractivity contribution in [2.75, 3.05) is 19.5 Å². The molecule has 0 bridgehead atoms. The predicted molar refractivity (Wildman–Crippen MR) is 68.9 cm³/mol. The van der Waals surface area contributed by atoms with E-state index in [9.17, 15) is 4.79 Å². The third-order valence-corrected chi connectivity index (χ3v) is 3.34. The highest BCUT2D eigenvalue weighted by Crippen LogP contribution is 2.33. The van der Waals surface area contributed by atoms with Gasteiger partial charge in [-0.15, -0.1) is 0 Å². The highest BCUT2D eigenvalue weighted by molar-refractivity contribution is 5.98. The van der Waals surface area contributed by atoms with Crippen LogP contribution in [0.15, 0.2) is 18.2 Å². The van der Waals surface area contributed by atoms with Crippen LogP contribution >= 0.6 is 0 Å². The Labute approximate surface area is 106 Å². The molecule has 1 aliphatic carbocycles. The molecule has 1 fully saturated rings. The van der Waals surface area contributed by atoms with Gasteiger partial charge >= 0.3 is 0 Å². The second-order valence-electron chi connectivity index (χ2n) is 4.53. The van der Waals surface area contributed by atoms with E-state index in [1.807, 2.05) is 0 Å². The van der Waals surface area contributed by atoms with E-state index in [0.717, 1.165) is 19.3 Å². The predicted octanol–water partition coefficient (Wildman–Crippen LogP) is 1.52. The van der Waals surface area contributed by atoms with Gasteiger partial charge in [0.25, 0.3) is 0 Å². The molecular weight excluding hydrogens is 232 g/mol. The minimum atomic E-state index is -0.701. The van der Waals surface area contributed by atoms with Crippen molar-refractivity contribution in [3.8, 4) is 11.5 Å². The maximum Gasteiger partial charge on any atom is 0.244 e. The molecule has 0 atom stereocenters. The lowest BCUT2D eigenvalue weighted by atomic mass is 9.77. The first-order chi connectivity index (χ1) is 8.59. The molecule has 0 aliphatic heterocycles. The lowest BCUT2D eigenvalue weighted by Crippen LogP contribution is -2.56. The fraction of sp³-hybridized carbons (Fsp3) is 0.462. The Morgan fingerprint density at radius 3 is 2.44 bits per heavy atom. The Bertz CT molecular complexity index is 456. The van der Waals surface area contributed by atoms with Crippen LogP contribution in [0.2, 0.25) is 0 Å². The number of anilines is 1. The third kappa shape index (κ3) is 2.26. The quantitative estimate of drug-likeness (QED) is 0.849. The summed E-state index contributed by atoms with van der Waals surface area (Å²) in [5.41, 5.74) is 5.91. The number of carbonyl (C=O) groups is 1. The van der Waals surface area contributed by atoms with Crippen molar-refractivity contribution >= 4 is 11.6 Å². The average Bonchev–Trinajstić information content (AvgIpc) is 2.35. The van der Waals surface area contributed by atoms with E-state index in [1.165, 1.54) is 0 Å². The summed E-state index contributed by atoms with van der Waals surface area (Å²) in [7, 11) is 3.12. The molecular formula is C13H18N2O3. The highest BCUT2D eigenvalue weighted by Gasteiger charge is 2.40. The molecule has 5 nitrogen and oxygen atoms in total. The third-order valence-electron chi connectivity index (χ3n) is 3.34. The van der Waals surface area contributed by atoms with E-state index in [1.54, 1.807) is 32.4 Å². The number of hydrogen-bond acceptors (Lipinski definition) is 4. The van der Waals surface area contributed by atoms with E-state index >= 15 is 0 Å². The number of amides is 1. The lowest BCUT2D eigenvalue weighted by molar-refractivity contribution is -0.123. The Balaban J connectivity index is 2.12. The first-order valence-corrected chi connectivity index (χ1v) is 5.91. The van der Waals surface area contributed by atoms with Crippen molar-refractivity contribution < 1.29 is 14.3 Å². The summed E-state index contributed by atoms with van der Waals surface area (Å²) < 4.78 is 10.3. The molecule has 1 aliphatic rings. The van der Waals surface area contributed by atoms with E-state index in [0.29, 0.717) is 17.2 Å². The van der Waals surface area contributed by atoms with Crippen molar-refractivity contribution in [1.29, 1.82) is 0 Å². The van der Waals surface area contributed by atoms with Crippen LogP contribution in [-0.4, -0.2) is 25.7 Å². The number of ether oxygens (including phenoxy) is 2. The first-order valence-electron chi connectivity index (χ1n) is 5.91. The van der Waals surface area contributed by atoms with Crippen LogP contribution in [-0.2, 0) is 4.79 Å². The molecule has 0 saturated heterocycles. The number of carbonyl (C=O) groups excluding carboxylic acids is 1. The van der Waals surface area contributed by atoms with E-state index < -0.39 is 5.54 Å². The zero-order valence-corrected chi connectivity index (χ0v) is 10.7. The molecule has 1 amide bonds.